The van der Waals surface area contributed by atoms with Crippen molar-refractivity contribution in [1.29, 1.82) is 0 Å². The number of benzene rings is 1. The summed E-state index contributed by atoms with van der Waals surface area (Å²) < 4.78 is 13.5. The summed E-state index contributed by atoms with van der Waals surface area (Å²) in [5, 5.41) is 8.80. The van der Waals surface area contributed by atoms with Crippen LogP contribution in [0.3, 0.4) is 0 Å². The summed E-state index contributed by atoms with van der Waals surface area (Å²) in [6, 6.07) is 2.96. The minimum Gasteiger partial charge on any atom is -0.478 e. The Bertz CT molecular complexity index is 461. The smallest absolute Gasteiger partial charge is 0.338 e. The Morgan fingerprint density at radius 2 is 2.07 bits per heavy atom. The molecule has 0 aliphatic heterocycles. The van der Waals surface area contributed by atoms with Gasteiger partial charge in [-0.1, -0.05) is 0 Å². The maximum atomic E-state index is 13.5. The van der Waals surface area contributed by atoms with E-state index in [0.717, 1.165) is 36.8 Å². The summed E-state index contributed by atoms with van der Waals surface area (Å²) in [6.45, 7) is 0. The molecule has 1 fully saturated rings. The first-order valence-electron chi connectivity index (χ1n) is 5.19. The highest BCUT2D eigenvalue weighted by Gasteiger charge is 2.48. The molecule has 1 aromatic carbocycles. The summed E-state index contributed by atoms with van der Waals surface area (Å²) in [4.78, 5) is 10.8. The van der Waals surface area contributed by atoms with E-state index in [9.17, 15) is 9.18 Å². The lowest BCUT2D eigenvalue weighted by Gasteiger charge is -2.08. The minimum atomic E-state index is -1.17. The molecule has 0 aromatic heterocycles. The normalized spacial score (nSPS) is 20.3. The van der Waals surface area contributed by atoms with E-state index in [0.29, 0.717) is 0 Å². The van der Waals surface area contributed by atoms with Crippen LogP contribution in [0.5, 0.6) is 0 Å². The molecular formula is C12H11FO2. The van der Waals surface area contributed by atoms with E-state index in [1.54, 1.807) is 0 Å². The van der Waals surface area contributed by atoms with Gasteiger partial charge < -0.3 is 5.11 Å². The molecule has 15 heavy (non-hydrogen) atoms. The molecule has 0 saturated heterocycles. The molecule has 0 heterocycles. The Morgan fingerprint density at radius 1 is 1.33 bits per heavy atom. The SMILES string of the molecule is O=C(O)c1cc2c(cc1F)C1(CC2)CC1. The van der Waals surface area contributed by atoms with E-state index in [-0.39, 0.29) is 11.0 Å². The highest BCUT2D eigenvalue weighted by molar-refractivity contribution is 5.88. The van der Waals surface area contributed by atoms with Crippen LogP contribution in [-0.4, -0.2) is 11.1 Å². The molecule has 1 N–H and O–H groups in total. The molecule has 0 amide bonds. The van der Waals surface area contributed by atoms with Crippen molar-refractivity contribution < 1.29 is 14.3 Å². The van der Waals surface area contributed by atoms with Gasteiger partial charge in [-0.2, -0.15) is 0 Å². The van der Waals surface area contributed by atoms with Crippen LogP contribution in [0, 0.1) is 5.82 Å². The van der Waals surface area contributed by atoms with E-state index < -0.39 is 11.8 Å². The zero-order valence-electron chi connectivity index (χ0n) is 8.22. The fraction of sp³-hybridized carbons (Fsp3) is 0.417. The van der Waals surface area contributed by atoms with Crippen molar-refractivity contribution in [3.05, 3.63) is 34.6 Å². The Hall–Kier alpha value is -1.38. The van der Waals surface area contributed by atoms with Crippen molar-refractivity contribution in [2.24, 2.45) is 0 Å². The zero-order valence-corrected chi connectivity index (χ0v) is 8.22. The van der Waals surface area contributed by atoms with Crippen LogP contribution in [0.4, 0.5) is 4.39 Å². The molecule has 0 bridgehead atoms. The second-order valence-corrected chi connectivity index (χ2v) is 4.57. The third-order valence-corrected chi connectivity index (χ3v) is 3.72. The summed E-state index contributed by atoms with van der Waals surface area (Å²) in [5.74, 6) is -1.76. The number of halogens is 1. The average molecular weight is 206 g/mol. The van der Waals surface area contributed by atoms with Gasteiger partial charge in [-0.3, -0.25) is 0 Å². The zero-order chi connectivity index (χ0) is 10.6. The molecule has 2 aliphatic rings. The first kappa shape index (κ1) is 8.89. The molecule has 3 rings (SSSR count). The van der Waals surface area contributed by atoms with Crippen molar-refractivity contribution in [2.45, 2.75) is 31.1 Å². The first-order valence-corrected chi connectivity index (χ1v) is 5.19. The summed E-state index contributed by atoms with van der Waals surface area (Å²) in [5.41, 5.74) is 2.12. The van der Waals surface area contributed by atoms with Gasteiger partial charge in [-0.25, -0.2) is 9.18 Å². The van der Waals surface area contributed by atoms with Crippen LogP contribution in [0.15, 0.2) is 12.1 Å². The number of fused-ring (bicyclic) bond motifs is 2. The van der Waals surface area contributed by atoms with Gasteiger partial charge in [0.05, 0.1) is 5.56 Å². The fourth-order valence-electron chi connectivity index (χ4n) is 2.66. The van der Waals surface area contributed by atoms with Gasteiger partial charge in [-0.15, -0.1) is 0 Å². The molecule has 78 valence electrons. The lowest BCUT2D eigenvalue weighted by Crippen LogP contribution is -2.05. The van der Waals surface area contributed by atoms with E-state index >= 15 is 0 Å². The molecule has 2 aliphatic carbocycles. The van der Waals surface area contributed by atoms with Crippen molar-refractivity contribution >= 4 is 5.97 Å². The predicted octanol–water partition coefficient (Wildman–Crippen LogP) is 2.50. The standard InChI is InChI=1S/C12H11FO2/c13-10-6-9-7(5-8(10)11(14)15)1-2-12(9)3-4-12/h5-6H,1-4H2,(H,14,15). The maximum absolute atomic E-state index is 13.5. The molecular weight excluding hydrogens is 195 g/mol. The number of rotatable bonds is 1. The van der Waals surface area contributed by atoms with Crippen LogP contribution < -0.4 is 0 Å². The van der Waals surface area contributed by atoms with Crippen molar-refractivity contribution in [3.8, 4) is 0 Å². The summed E-state index contributed by atoms with van der Waals surface area (Å²) in [6.07, 6.45) is 4.22. The first-order chi connectivity index (χ1) is 7.12. The van der Waals surface area contributed by atoms with E-state index in [2.05, 4.69) is 0 Å². The Labute approximate surface area is 86.7 Å². The highest BCUT2D eigenvalue weighted by atomic mass is 19.1. The highest BCUT2D eigenvalue weighted by Crippen LogP contribution is 2.56. The largest absolute Gasteiger partial charge is 0.478 e. The van der Waals surface area contributed by atoms with Gasteiger partial charge in [0.1, 0.15) is 5.82 Å². The van der Waals surface area contributed by atoms with Crippen LogP contribution in [-0.2, 0) is 11.8 Å². The van der Waals surface area contributed by atoms with Gasteiger partial charge in [0.2, 0.25) is 0 Å². The van der Waals surface area contributed by atoms with E-state index in [4.69, 9.17) is 5.11 Å². The molecule has 1 aromatic rings. The quantitative estimate of drug-likeness (QED) is 0.766. The van der Waals surface area contributed by atoms with Crippen LogP contribution in [0.1, 0.15) is 40.7 Å². The topological polar surface area (TPSA) is 37.3 Å². The third-order valence-electron chi connectivity index (χ3n) is 3.72. The number of hydrogen-bond acceptors (Lipinski definition) is 1. The molecule has 0 atom stereocenters. The Balaban J connectivity index is 2.16. The monoisotopic (exact) mass is 206 g/mol. The Kier molecular flexibility index (Phi) is 1.54. The van der Waals surface area contributed by atoms with E-state index in [1.165, 1.54) is 12.1 Å². The van der Waals surface area contributed by atoms with Gasteiger partial charge in [0.25, 0.3) is 0 Å². The van der Waals surface area contributed by atoms with Crippen LogP contribution in [0.2, 0.25) is 0 Å². The number of aryl methyl sites for hydroxylation is 1. The van der Waals surface area contributed by atoms with Crippen molar-refractivity contribution in [1.82, 2.24) is 0 Å². The number of hydrogen-bond donors (Lipinski definition) is 1. The third kappa shape index (κ3) is 1.12. The predicted molar refractivity (Wildman–Crippen MR) is 52.6 cm³/mol. The number of carboxylic acid groups (broad SMARTS) is 1. The van der Waals surface area contributed by atoms with Crippen molar-refractivity contribution in [2.75, 3.05) is 0 Å². The van der Waals surface area contributed by atoms with Gasteiger partial charge >= 0.3 is 5.97 Å². The Morgan fingerprint density at radius 3 is 2.67 bits per heavy atom. The van der Waals surface area contributed by atoms with Gasteiger partial charge in [0.15, 0.2) is 0 Å². The van der Waals surface area contributed by atoms with Gasteiger partial charge in [0, 0.05) is 0 Å². The number of aromatic carboxylic acids is 1. The maximum Gasteiger partial charge on any atom is 0.338 e. The summed E-state index contributed by atoms with van der Waals surface area (Å²) in [7, 11) is 0. The second kappa shape index (κ2) is 2.60. The fourth-order valence-corrected chi connectivity index (χ4v) is 2.66. The molecule has 3 heteroatoms. The number of carbonyl (C=O) groups is 1. The molecule has 1 saturated carbocycles. The minimum absolute atomic E-state index is 0.188. The molecule has 0 radical (unpaired) electrons. The van der Waals surface area contributed by atoms with Crippen LogP contribution in [0.25, 0.3) is 0 Å². The summed E-state index contributed by atoms with van der Waals surface area (Å²) >= 11 is 0. The lowest BCUT2D eigenvalue weighted by atomic mass is 9.97. The molecule has 0 unspecified atom stereocenters. The second-order valence-electron chi connectivity index (χ2n) is 4.57. The van der Waals surface area contributed by atoms with Crippen molar-refractivity contribution in [3.63, 3.8) is 0 Å². The lowest BCUT2D eigenvalue weighted by molar-refractivity contribution is 0.0691. The average Bonchev–Trinajstić information content (AvgIpc) is 2.87. The molecule has 1 spiro atoms. The van der Waals surface area contributed by atoms with Gasteiger partial charge in [-0.05, 0) is 54.4 Å². The van der Waals surface area contributed by atoms with Crippen LogP contribution >= 0.6 is 0 Å². The number of carboxylic acids is 1. The van der Waals surface area contributed by atoms with E-state index in [1.807, 2.05) is 0 Å². The molecule has 2 nitrogen and oxygen atoms in total.